The lowest BCUT2D eigenvalue weighted by atomic mass is 10.2. The lowest BCUT2D eigenvalue weighted by molar-refractivity contribution is -0.384. The maximum Gasteiger partial charge on any atom is 0.269 e. The fourth-order valence-corrected chi connectivity index (χ4v) is 2.20. The minimum atomic E-state index is -0.465. The summed E-state index contributed by atoms with van der Waals surface area (Å²) in [6.07, 6.45) is 4.56. The smallest absolute Gasteiger partial charge is 0.269 e. The Morgan fingerprint density at radius 2 is 1.88 bits per heavy atom. The number of hydrogen-bond donors (Lipinski definition) is 1. The predicted molar refractivity (Wildman–Crippen MR) is 92.5 cm³/mol. The van der Waals surface area contributed by atoms with Gasteiger partial charge in [-0.15, -0.1) is 0 Å². The Morgan fingerprint density at radius 3 is 2.62 bits per heavy atom. The quantitative estimate of drug-likeness (QED) is 0.450. The minimum absolute atomic E-state index is 0.0128. The van der Waals surface area contributed by atoms with Gasteiger partial charge in [-0.2, -0.15) is 0 Å². The number of hydrogen-bond acceptors (Lipinski definition) is 4. The molecule has 1 aromatic heterocycles. The van der Waals surface area contributed by atoms with Gasteiger partial charge in [-0.3, -0.25) is 19.9 Å². The van der Waals surface area contributed by atoms with Gasteiger partial charge in [0.05, 0.1) is 22.3 Å². The van der Waals surface area contributed by atoms with Gasteiger partial charge >= 0.3 is 0 Å². The van der Waals surface area contributed by atoms with E-state index in [0.29, 0.717) is 11.3 Å². The maximum absolute atomic E-state index is 12.0. The lowest BCUT2D eigenvalue weighted by Gasteiger charge is -2.03. The zero-order valence-corrected chi connectivity index (χ0v) is 12.5. The van der Waals surface area contributed by atoms with Crippen LogP contribution in [-0.2, 0) is 4.79 Å². The number of non-ortho nitro benzene ring substituents is 1. The van der Waals surface area contributed by atoms with Crippen molar-refractivity contribution in [3.8, 4) is 0 Å². The van der Waals surface area contributed by atoms with Crippen LogP contribution in [0.5, 0.6) is 0 Å². The summed E-state index contributed by atoms with van der Waals surface area (Å²) in [6.45, 7) is 0. The second-order valence-corrected chi connectivity index (χ2v) is 5.09. The van der Waals surface area contributed by atoms with Gasteiger partial charge in [0.2, 0.25) is 5.91 Å². The molecule has 1 heterocycles. The highest BCUT2D eigenvalue weighted by Crippen LogP contribution is 2.16. The van der Waals surface area contributed by atoms with E-state index in [0.717, 1.165) is 10.9 Å². The first kappa shape index (κ1) is 15.4. The molecule has 1 amide bonds. The van der Waals surface area contributed by atoms with Crippen molar-refractivity contribution in [1.82, 2.24) is 4.98 Å². The van der Waals surface area contributed by atoms with Crippen LogP contribution in [0, 0.1) is 10.1 Å². The molecule has 0 atom stereocenters. The van der Waals surface area contributed by atoms with Crippen molar-refractivity contribution in [3.63, 3.8) is 0 Å². The van der Waals surface area contributed by atoms with Gasteiger partial charge in [0.1, 0.15) is 0 Å². The zero-order valence-electron chi connectivity index (χ0n) is 12.5. The normalized spacial score (nSPS) is 10.8. The van der Waals surface area contributed by atoms with E-state index in [2.05, 4.69) is 10.3 Å². The second kappa shape index (κ2) is 6.70. The van der Waals surface area contributed by atoms with Crippen LogP contribution in [-0.4, -0.2) is 15.8 Å². The number of rotatable bonds is 4. The highest BCUT2D eigenvalue weighted by atomic mass is 16.6. The number of carbonyl (C=O) groups is 1. The first-order chi connectivity index (χ1) is 11.6. The third-order valence-electron chi connectivity index (χ3n) is 3.39. The number of anilines is 1. The fraction of sp³-hybridized carbons (Fsp3) is 0. The van der Waals surface area contributed by atoms with Crippen molar-refractivity contribution in [2.45, 2.75) is 0 Å². The van der Waals surface area contributed by atoms with Crippen molar-refractivity contribution in [3.05, 3.63) is 82.5 Å². The van der Waals surface area contributed by atoms with Gasteiger partial charge in [0.15, 0.2) is 0 Å². The van der Waals surface area contributed by atoms with E-state index < -0.39 is 4.92 Å². The molecule has 24 heavy (non-hydrogen) atoms. The van der Waals surface area contributed by atoms with Gasteiger partial charge in [-0.05, 0) is 35.9 Å². The van der Waals surface area contributed by atoms with E-state index in [9.17, 15) is 14.9 Å². The first-order valence-electron chi connectivity index (χ1n) is 7.20. The molecule has 0 aliphatic heterocycles. The Kier molecular flexibility index (Phi) is 4.29. The highest BCUT2D eigenvalue weighted by molar-refractivity contribution is 6.02. The number of amides is 1. The van der Waals surface area contributed by atoms with E-state index in [1.165, 1.54) is 18.2 Å². The third kappa shape index (κ3) is 3.61. The van der Waals surface area contributed by atoms with Crippen molar-refractivity contribution < 1.29 is 9.72 Å². The van der Waals surface area contributed by atoms with Crippen LogP contribution >= 0.6 is 0 Å². The number of benzene rings is 2. The molecule has 0 saturated heterocycles. The second-order valence-electron chi connectivity index (χ2n) is 5.09. The fourth-order valence-electron chi connectivity index (χ4n) is 2.20. The zero-order chi connectivity index (χ0) is 16.9. The number of para-hydroxylation sites is 1. The van der Waals surface area contributed by atoms with Crippen LogP contribution < -0.4 is 5.32 Å². The largest absolute Gasteiger partial charge is 0.321 e. The van der Waals surface area contributed by atoms with Gasteiger partial charge in [0, 0.05) is 23.6 Å². The summed E-state index contributed by atoms with van der Waals surface area (Å²) in [5.41, 5.74) is 2.18. The first-order valence-corrected chi connectivity index (χ1v) is 7.20. The molecule has 1 N–H and O–H groups in total. The van der Waals surface area contributed by atoms with E-state index >= 15 is 0 Å². The molecule has 0 unspecified atom stereocenters. The number of nitrogens with zero attached hydrogens (tertiary/aromatic N) is 2. The van der Waals surface area contributed by atoms with E-state index in [-0.39, 0.29) is 11.6 Å². The van der Waals surface area contributed by atoms with E-state index in [1.54, 1.807) is 24.4 Å². The molecule has 2 aromatic carbocycles. The summed E-state index contributed by atoms with van der Waals surface area (Å²) in [6, 6.07) is 15.4. The van der Waals surface area contributed by atoms with Crippen LogP contribution in [0.25, 0.3) is 17.0 Å². The lowest BCUT2D eigenvalue weighted by Crippen LogP contribution is -2.07. The summed E-state index contributed by atoms with van der Waals surface area (Å²) in [4.78, 5) is 26.4. The monoisotopic (exact) mass is 319 g/mol. The van der Waals surface area contributed by atoms with Crippen LogP contribution in [0.1, 0.15) is 5.56 Å². The third-order valence-corrected chi connectivity index (χ3v) is 3.39. The molecule has 118 valence electrons. The van der Waals surface area contributed by atoms with Gasteiger partial charge in [-0.25, -0.2) is 0 Å². The Labute approximate surface area is 137 Å². The molecule has 0 spiro atoms. The number of nitro benzene ring substituents is 1. The van der Waals surface area contributed by atoms with E-state index in [4.69, 9.17) is 0 Å². The molecule has 3 rings (SSSR count). The van der Waals surface area contributed by atoms with Crippen LogP contribution in [0.3, 0.4) is 0 Å². The molecular formula is C18H13N3O3. The minimum Gasteiger partial charge on any atom is -0.321 e. The molecule has 0 aliphatic rings. The van der Waals surface area contributed by atoms with Gasteiger partial charge in [-0.1, -0.05) is 18.2 Å². The summed E-state index contributed by atoms with van der Waals surface area (Å²) >= 11 is 0. The molecular weight excluding hydrogens is 306 g/mol. The van der Waals surface area contributed by atoms with E-state index in [1.807, 2.05) is 30.3 Å². The average Bonchev–Trinajstić information content (AvgIpc) is 2.60. The Balaban J connectivity index is 1.68. The topological polar surface area (TPSA) is 85.1 Å². The Bertz CT molecular complexity index is 934. The van der Waals surface area contributed by atoms with Crippen molar-refractivity contribution in [2.75, 3.05) is 5.32 Å². The van der Waals surface area contributed by atoms with Gasteiger partial charge in [0.25, 0.3) is 5.69 Å². The van der Waals surface area contributed by atoms with Crippen molar-refractivity contribution in [2.24, 2.45) is 0 Å². The number of nitro groups is 1. The maximum atomic E-state index is 12.0. The summed E-state index contributed by atoms with van der Waals surface area (Å²) in [7, 11) is 0. The molecule has 0 saturated carbocycles. The molecule has 0 fully saturated rings. The van der Waals surface area contributed by atoms with Crippen LogP contribution in [0.4, 0.5) is 11.4 Å². The predicted octanol–water partition coefficient (Wildman–Crippen LogP) is 3.79. The van der Waals surface area contributed by atoms with Crippen molar-refractivity contribution >= 4 is 34.3 Å². The van der Waals surface area contributed by atoms with Gasteiger partial charge < -0.3 is 5.32 Å². The number of nitrogens with one attached hydrogen (secondary N) is 1. The summed E-state index contributed by atoms with van der Waals surface area (Å²) in [5, 5.41) is 14.3. The number of carbonyl (C=O) groups excluding carboxylic acids is 1. The summed E-state index contributed by atoms with van der Waals surface area (Å²) in [5.74, 6) is -0.301. The number of aromatic nitrogens is 1. The SMILES string of the molecule is O=C(/C=C/c1ccc([N+](=O)[O-])cc1)Nc1cnc2ccccc2c1. The number of pyridine rings is 1. The molecule has 0 aliphatic carbocycles. The molecule has 3 aromatic rings. The standard InChI is InChI=1S/C18H13N3O3/c22-18(10-7-13-5-8-16(9-6-13)21(23)24)20-15-11-14-3-1-2-4-17(14)19-12-15/h1-12H,(H,20,22)/b10-7+. The molecule has 6 nitrogen and oxygen atoms in total. The van der Waals surface area contributed by atoms with Crippen molar-refractivity contribution in [1.29, 1.82) is 0 Å². The average molecular weight is 319 g/mol. The molecule has 0 radical (unpaired) electrons. The van der Waals surface area contributed by atoms with Crippen LogP contribution in [0.15, 0.2) is 66.9 Å². The Hall–Kier alpha value is -3.54. The summed E-state index contributed by atoms with van der Waals surface area (Å²) < 4.78 is 0. The Morgan fingerprint density at radius 1 is 1.12 bits per heavy atom. The highest BCUT2D eigenvalue weighted by Gasteiger charge is 2.03. The number of fused-ring (bicyclic) bond motifs is 1. The molecule has 0 bridgehead atoms. The molecule has 6 heteroatoms. The van der Waals surface area contributed by atoms with Crippen LogP contribution in [0.2, 0.25) is 0 Å².